The minimum Gasteiger partial charge on any atom is -0.379 e. The summed E-state index contributed by atoms with van der Waals surface area (Å²) in [5, 5.41) is 6.30. The van der Waals surface area contributed by atoms with Crippen LogP contribution in [0.3, 0.4) is 0 Å². The summed E-state index contributed by atoms with van der Waals surface area (Å²) in [4.78, 5) is 14.6. The number of nitrogens with zero attached hydrogens (tertiary/aromatic N) is 1. The monoisotopic (exact) mass is 389 g/mol. The van der Waals surface area contributed by atoms with Crippen molar-refractivity contribution < 1.29 is 9.53 Å². The van der Waals surface area contributed by atoms with Gasteiger partial charge in [0.15, 0.2) is 0 Å². The smallest absolute Gasteiger partial charge is 0.223 e. The molecule has 2 aliphatic heterocycles. The van der Waals surface area contributed by atoms with Gasteiger partial charge in [-0.3, -0.25) is 9.69 Å². The van der Waals surface area contributed by atoms with E-state index in [9.17, 15) is 4.79 Å². The summed E-state index contributed by atoms with van der Waals surface area (Å²) >= 11 is 0. The molecule has 1 amide bonds. The first-order chi connectivity index (χ1) is 11.2. The molecule has 0 aromatic heterocycles. The molecule has 1 unspecified atom stereocenters. The topological polar surface area (TPSA) is 53.6 Å². The van der Waals surface area contributed by atoms with Crippen LogP contribution >= 0.6 is 24.8 Å². The zero-order valence-corrected chi connectivity index (χ0v) is 16.3. The van der Waals surface area contributed by atoms with Gasteiger partial charge in [-0.05, 0) is 30.1 Å². The first-order valence-electron chi connectivity index (χ1n) is 8.59. The lowest BCUT2D eigenvalue weighted by molar-refractivity contribution is -0.126. The number of carbonyl (C=O) groups is 1. The van der Waals surface area contributed by atoms with Gasteiger partial charge in [-0.2, -0.15) is 0 Å². The number of ether oxygens (including phenoxy) is 1. The molecule has 5 nitrogen and oxygen atoms in total. The first-order valence-corrected chi connectivity index (χ1v) is 8.59. The molecule has 2 aliphatic rings. The summed E-state index contributed by atoms with van der Waals surface area (Å²) in [6, 6.07) is 8.52. The second-order valence-electron chi connectivity index (χ2n) is 6.63. The highest BCUT2D eigenvalue weighted by atomic mass is 35.5. The molecule has 0 saturated carbocycles. The molecule has 142 valence electrons. The lowest BCUT2D eigenvalue weighted by atomic mass is 9.88. The molecule has 2 N–H and O–H groups in total. The number of halogens is 2. The maximum Gasteiger partial charge on any atom is 0.223 e. The van der Waals surface area contributed by atoms with Crippen LogP contribution < -0.4 is 10.6 Å². The van der Waals surface area contributed by atoms with Gasteiger partial charge in [0.05, 0.1) is 13.2 Å². The van der Waals surface area contributed by atoms with Crippen LogP contribution in [0.5, 0.6) is 0 Å². The van der Waals surface area contributed by atoms with Gasteiger partial charge in [-0.1, -0.05) is 31.2 Å². The molecule has 2 fully saturated rings. The maximum absolute atomic E-state index is 12.2. The number of amides is 1. The van der Waals surface area contributed by atoms with Crippen molar-refractivity contribution in [3.63, 3.8) is 0 Å². The summed E-state index contributed by atoms with van der Waals surface area (Å²) in [5.41, 5.74) is 2.47. The molecule has 0 spiro atoms. The second-order valence-corrected chi connectivity index (χ2v) is 6.63. The fourth-order valence-electron chi connectivity index (χ4n) is 3.08. The number of hydrogen-bond acceptors (Lipinski definition) is 4. The van der Waals surface area contributed by atoms with Crippen LogP contribution in [0.15, 0.2) is 24.3 Å². The highest BCUT2D eigenvalue weighted by Gasteiger charge is 2.28. The second kappa shape index (κ2) is 11.0. The van der Waals surface area contributed by atoms with Gasteiger partial charge in [0.1, 0.15) is 0 Å². The van der Waals surface area contributed by atoms with Gasteiger partial charge in [-0.15, -0.1) is 24.8 Å². The van der Waals surface area contributed by atoms with Crippen LogP contribution in [0.4, 0.5) is 0 Å². The zero-order valence-electron chi connectivity index (χ0n) is 14.7. The quantitative estimate of drug-likeness (QED) is 0.779. The molecule has 3 rings (SSSR count). The highest BCUT2D eigenvalue weighted by molar-refractivity contribution is 5.85. The van der Waals surface area contributed by atoms with Crippen LogP contribution in [0.1, 0.15) is 18.1 Å². The molecule has 2 saturated heterocycles. The molecule has 1 aromatic rings. The van der Waals surface area contributed by atoms with E-state index in [0.717, 1.165) is 45.9 Å². The molecule has 0 radical (unpaired) electrons. The van der Waals surface area contributed by atoms with Crippen LogP contribution in [0, 0.1) is 11.8 Å². The lowest BCUT2D eigenvalue weighted by Crippen LogP contribution is -2.49. The van der Waals surface area contributed by atoms with Crippen molar-refractivity contribution in [2.45, 2.75) is 20.0 Å². The van der Waals surface area contributed by atoms with Gasteiger partial charge in [0.25, 0.3) is 0 Å². The van der Waals surface area contributed by atoms with E-state index in [0.29, 0.717) is 12.5 Å². The number of hydrogen-bond donors (Lipinski definition) is 2. The zero-order chi connectivity index (χ0) is 16.1. The van der Waals surface area contributed by atoms with E-state index < -0.39 is 0 Å². The Hall–Kier alpha value is -0.850. The average Bonchev–Trinajstić information content (AvgIpc) is 2.52. The lowest BCUT2D eigenvalue weighted by Gasteiger charge is -2.31. The average molecular weight is 390 g/mol. The van der Waals surface area contributed by atoms with Crippen molar-refractivity contribution in [2.75, 3.05) is 39.4 Å². The number of benzene rings is 1. The Labute approximate surface area is 162 Å². The van der Waals surface area contributed by atoms with E-state index in [2.05, 4.69) is 39.8 Å². The standard InChI is InChI=1S/C18H27N3O2.2ClH/c1-14(17-11-19-12-17)18(22)20-10-15-3-2-4-16(9-15)13-21-5-7-23-8-6-21;;/h2-4,9,14,17,19H,5-8,10-13H2,1H3,(H,20,22);2*1H. The summed E-state index contributed by atoms with van der Waals surface area (Å²) in [6.07, 6.45) is 0. The summed E-state index contributed by atoms with van der Waals surface area (Å²) in [7, 11) is 0. The van der Waals surface area contributed by atoms with E-state index in [1.54, 1.807) is 0 Å². The molecule has 0 aliphatic carbocycles. The van der Waals surface area contributed by atoms with E-state index >= 15 is 0 Å². The molecule has 1 aromatic carbocycles. The predicted molar refractivity (Wildman–Crippen MR) is 104 cm³/mol. The number of morpholine rings is 1. The van der Waals surface area contributed by atoms with Crippen molar-refractivity contribution in [2.24, 2.45) is 11.8 Å². The van der Waals surface area contributed by atoms with Gasteiger partial charge in [0, 0.05) is 32.1 Å². The fraction of sp³-hybridized carbons (Fsp3) is 0.611. The van der Waals surface area contributed by atoms with E-state index in [4.69, 9.17) is 4.74 Å². The SMILES string of the molecule is CC(C(=O)NCc1cccc(CN2CCOCC2)c1)C1CNC1.Cl.Cl. The Morgan fingerprint density at radius 3 is 2.60 bits per heavy atom. The summed E-state index contributed by atoms with van der Waals surface area (Å²) in [6.45, 7) is 9.15. The molecule has 25 heavy (non-hydrogen) atoms. The summed E-state index contributed by atoms with van der Waals surface area (Å²) < 4.78 is 5.39. The third-order valence-electron chi connectivity index (χ3n) is 4.90. The normalized spacial score (nSPS) is 19.1. The van der Waals surface area contributed by atoms with Crippen LogP contribution in [0.2, 0.25) is 0 Å². The minimum atomic E-state index is 0. The van der Waals surface area contributed by atoms with Crippen LogP contribution in [-0.4, -0.2) is 50.2 Å². The van der Waals surface area contributed by atoms with Gasteiger partial charge in [0.2, 0.25) is 5.91 Å². The van der Waals surface area contributed by atoms with Gasteiger partial charge >= 0.3 is 0 Å². The Morgan fingerprint density at radius 2 is 1.96 bits per heavy atom. The Morgan fingerprint density at radius 1 is 1.28 bits per heavy atom. The van der Waals surface area contributed by atoms with E-state index in [-0.39, 0.29) is 36.6 Å². The molecule has 7 heteroatoms. The first kappa shape index (κ1) is 22.2. The Kier molecular flexibility index (Phi) is 9.75. The fourth-order valence-corrected chi connectivity index (χ4v) is 3.08. The predicted octanol–water partition coefficient (Wildman–Crippen LogP) is 1.83. The van der Waals surface area contributed by atoms with Crippen molar-refractivity contribution in [3.8, 4) is 0 Å². The van der Waals surface area contributed by atoms with E-state index in [1.807, 2.05) is 6.92 Å². The number of carbonyl (C=O) groups excluding carboxylic acids is 1. The van der Waals surface area contributed by atoms with Crippen molar-refractivity contribution in [3.05, 3.63) is 35.4 Å². The third-order valence-corrected chi connectivity index (χ3v) is 4.90. The van der Waals surface area contributed by atoms with Crippen molar-refractivity contribution in [1.29, 1.82) is 0 Å². The molecule has 2 heterocycles. The molecular weight excluding hydrogens is 361 g/mol. The van der Waals surface area contributed by atoms with Gasteiger partial charge in [-0.25, -0.2) is 0 Å². The van der Waals surface area contributed by atoms with Crippen molar-refractivity contribution >= 4 is 30.7 Å². The highest BCUT2D eigenvalue weighted by Crippen LogP contribution is 2.16. The Bertz CT molecular complexity index is 535. The van der Waals surface area contributed by atoms with Crippen molar-refractivity contribution in [1.82, 2.24) is 15.5 Å². The minimum absolute atomic E-state index is 0. The Balaban J connectivity index is 0.00000156. The van der Waals surface area contributed by atoms with Crippen LogP contribution in [0.25, 0.3) is 0 Å². The van der Waals surface area contributed by atoms with E-state index in [1.165, 1.54) is 11.1 Å². The molecular formula is C18H29Cl2N3O2. The molecule has 1 atom stereocenters. The summed E-state index contributed by atoms with van der Waals surface area (Å²) in [5.74, 6) is 0.741. The number of nitrogens with one attached hydrogen (secondary N) is 2. The maximum atomic E-state index is 12.2. The van der Waals surface area contributed by atoms with Crippen LogP contribution in [-0.2, 0) is 22.6 Å². The third kappa shape index (κ3) is 6.42. The molecule has 0 bridgehead atoms. The number of rotatable bonds is 6. The van der Waals surface area contributed by atoms with Gasteiger partial charge < -0.3 is 15.4 Å². The largest absolute Gasteiger partial charge is 0.379 e.